The number of carbonyl (C=O) groups is 1. The Morgan fingerprint density at radius 2 is 1.72 bits per heavy atom. The number of benzene rings is 2. The van der Waals surface area contributed by atoms with E-state index >= 15 is 0 Å². The van der Waals surface area contributed by atoms with Crippen molar-refractivity contribution in [3.8, 4) is 11.8 Å². The molecule has 0 radical (unpaired) electrons. The molecule has 0 aliphatic heterocycles. The number of thioether (sulfide) groups is 1. The van der Waals surface area contributed by atoms with E-state index in [0.29, 0.717) is 16.5 Å². The summed E-state index contributed by atoms with van der Waals surface area (Å²) in [4.78, 5) is 12.5. The molecule has 2 rings (SSSR count). The molecule has 0 aliphatic rings. The van der Waals surface area contributed by atoms with Crippen molar-refractivity contribution in [3.05, 3.63) is 65.2 Å². The van der Waals surface area contributed by atoms with Crippen molar-refractivity contribution in [1.82, 2.24) is 0 Å². The Morgan fingerprint density at radius 3 is 2.28 bits per heavy atom. The van der Waals surface area contributed by atoms with Crippen LogP contribution in [0.25, 0.3) is 0 Å². The van der Waals surface area contributed by atoms with Crippen LogP contribution in [0.15, 0.2) is 65.2 Å². The van der Waals surface area contributed by atoms with Gasteiger partial charge in [0.25, 0.3) is 5.91 Å². The minimum Gasteiger partial charge on any atom is -0.497 e. The molecular formula is C19H19N3O2S. The van der Waals surface area contributed by atoms with Gasteiger partial charge in [-0.25, -0.2) is 0 Å². The molecule has 0 spiro atoms. The molecule has 0 atom stereocenters. The number of nitrogens with one attached hydrogen (secondary N) is 2. The zero-order valence-electron chi connectivity index (χ0n) is 14.1. The zero-order valence-corrected chi connectivity index (χ0v) is 14.9. The molecule has 2 aromatic rings. The maximum atomic E-state index is 12.5. The van der Waals surface area contributed by atoms with Gasteiger partial charge in [-0.2, -0.15) is 5.26 Å². The highest BCUT2D eigenvalue weighted by molar-refractivity contribution is 8.03. The number of carbonyl (C=O) groups excluding carboxylic acids is 1. The van der Waals surface area contributed by atoms with Crippen LogP contribution in [0.1, 0.15) is 6.92 Å². The average molecular weight is 353 g/mol. The van der Waals surface area contributed by atoms with Gasteiger partial charge in [0.15, 0.2) is 0 Å². The van der Waals surface area contributed by atoms with E-state index in [2.05, 4.69) is 10.6 Å². The van der Waals surface area contributed by atoms with Gasteiger partial charge in [0.2, 0.25) is 0 Å². The van der Waals surface area contributed by atoms with Crippen LogP contribution < -0.4 is 15.4 Å². The van der Waals surface area contributed by atoms with Crippen molar-refractivity contribution < 1.29 is 9.53 Å². The Bertz CT molecular complexity index is 781. The largest absolute Gasteiger partial charge is 0.497 e. The summed E-state index contributed by atoms with van der Waals surface area (Å²) in [6.07, 6.45) is 0. The minimum absolute atomic E-state index is 0.0477. The van der Waals surface area contributed by atoms with Crippen molar-refractivity contribution in [3.63, 3.8) is 0 Å². The van der Waals surface area contributed by atoms with Gasteiger partial charge in [0.1, 0.15) is 17.4 Å². The molecule has 128 valence electrons. The number of anilines is 2. The first-order valence-electron chi connectivity index (χ1n) is 7.72. The highest BCUT2D eigenvalue weighted by atomic mass is 32.2. The SMILES string of the molecule is CCS/C(Nc1ccccc1)=C(\C#N)C(=O)Nc1ccc(OC)cc1. The van der Waals surface area contributed by atoms with Crippen LogP contribution in [-0.2, 0) is 4.79 Å². The van der Waals surface area contributed by atoms with Crippen LogP contribution in [-0.4, -0.2) is 18.8 Å². The molecule has 0 fully saturated rings. The monoisotopic (exact) mass is 353 g/mol. The molecule has 0 heterocycles. The summed E-state index contributed by atoms with van der Waals surface area (Å²) in [5.41, 5.74) is 1.47. The molecule has 5 nitrogen and oxygen atoms in total. The molecule has 0 bridgehead atoms. The van der Waals surface area contributed by atoms with E-state index in [1.54, 1.807) is 31.4 Å². The Balaban J connectivity index is 2.23. The molecule has 0 aromatic heterocycles. The highest BCUT2D eigenvalue weighted by Crippen LogP contribution is 2.24. The summed E-state index contributed by atoms with van der Waals surface area (Å²) in [6.45, 7) is 1.97. The zero-order chi connectivity index (χ0) is 18.1. The van der Waals surface area contributed by atoms with Crippen molar-refractivity contribution >= 4 is 29.0 Å². The van der Waals surface area contributed by atoms with E-state index in [0.717, 1.165) is 11.4 Å². The average Bonchev–Trinajstić information content (AvgIpc) is 2.64. The number of rotatable bonds is 7. The van der Waals surface area contributed by atoms with E-state index in [9.17, 15) is 10.1 Å². The molecule has 2 N–H and O–H groups in total. The van der Waals surface area contributed by atoms with Gasteiger partial charge in [-0.1, -0.05) is 25.1 Å². The lowest BCUT2D eigenvalue weighted by Gasteiger charge is -2.12. The predicted molar refractivity (Wildman–Crippen MR) is 102 cm³/mol. The van der Waals surface area contributed by atoms with Crippen molar-refractivity contribution in [1.29, 1.82) is 5.26 Å². The van der Waals surface area contributed by atoms with Crippen molar-refractivity contribution in [2.24, 2.45) is 0 Å². The molecular weight excluding hydrogens is 334 g/mol. The summed E-state index contributed by atoms with van der Waals surface area (Å²) < 4.78 is 5.09. The third kappa shape index (κ3) is 5.30. The topological polar surface area (TPSA) is 74.2 Å². The fourth-order valence-electron chi connectivity index (χ4n) is 2.04. The molecule has 6 heteroatoms. The quantitative estimate of drug-likeness (QED) is 0.575. The second-order valence-electron chi connectivity index (χ2n) is 4.92. The van der Waals surface area contributed by atoms with E-state index in [-0.39, 0.29) is 5.57 Å². The number of para-hydroxylation sites is 1. The van der Waals surface area contributed by atoms with E-state index in [1.165, 1.54) is 11.8 Å². The second kappa shape index (κ2) is 9.40. The van der Waals surface area contributed by atoms with Gasteiger partial charge in [-0.3, -0.25) is 4.79 Å². The first kappa shape index (κ1) is 18.4. The van der Waals surface area contributed by atoms with E-state index in [1.807, 2.05) is 43.3 Å². The van der Waals surface area contributed by atoms with Gasteiger partial charge < -0.3 is 15.4 Å². The second-order valence-corrected chi connectivity index (χ2v) is 6.20. The third-order valence-electron chi connectivity index (χ3n) is 3.23. The number of hydrogen-bond donors (Lipinski definition) is 2. The molecule has 0 aliphatic carbocycles. The number of methoxy groups -OCH3 is 1. The summed E-state index contributed by atoms with van der Waals surface area (Å²) in [6, 6.07) is 18.4. The van der Waals surface area contributed by atoms with Crippen LogP contribution in [0.3, 0.4) is 0 Å². The first-order chi connectivity index (χ1) is 12.2. The van der Waals surface area contributed by atoms with Gasteiger partial charge in [0, 0.05) is 11.4 Å². The lowest BCUT2D eigenvalue weighted by molar-refractivity contribution is -0.112. The molecule has 1 amide bonds. The van der Waals surface area contributed by atoms with Gasteiger partial charge in [-0.15, -0.1) is 11.8 Å². The summed E-state index contributed by atoms with van der Waals surface area (Å²) in [7, 11) is 1.58. The Labute approximate surface area is 151 Å². The summed E-state index contributed by atoms with van der Waals surface area (Å²) in [5, 5.41) is 15.9. The standard InChI is InChI=1S/C19H19N3O2S/c1-3-25-19(22-14-7-5-4-6-8-14)17(13-20)18(23)21-15-9-11-16(24-2)12-10-15/h4-12,22H,3H2,1-2H3,(H,21,23)/b19-17+. The van der Waals surface area contributed by atoms with Crippen molar-refractivity contribution in [2.45, 2.75) is 6.92 Å². The number of nitrogens with zero attached hydrogens (tertiary/aromatic N) is 1. The lowest BCUT2D eigenvalue weighted by Crippen LogP contribution is -2.17. The van der Waals surface area contributed by atoms with Gasteiger partial charge in [0.05, 0.1) is 12.1 Å². The van der Waals surface area contributed by atoms with Crippen LogP contribution >= 0.6 is 11.8 Å². The van der Waals surface area contributed by atoms with E-state index in [4.69, 9.17) is 4.74 Å². The van der Waals surface area contributed by atoms with Crippen molar-refractivity contribution in [2.75, 3.05) is 23.5 Å². The molecule has 0 saturated carbocycles. The molecule has 25 heavy (non-hydrogen) atoms. The van der Waals surface area contributed by atoms with Crippen LogP contribution in [0.5, 0.6) is 5.75 Å². The molecule has 0 unspecified atom stereocenters. The number of ether oxygens (including phenoxy) is 1. The highest BCUT2D eigenvalue weighted by Gasteiger charge is 2.16. The maximum Gasteiger partial charge on any atom is 0.269 e. The van der Waals surface area contributed by atoms with Crippen LogP contribution in [0, 0.1) is 11.3 Å². The number of nitriles is 1. The lowest BCUT2D eigenvalue weighted by atomic mass is 10.2. The maximum absolute atomic E-state index is 12.5. The van der Waals surface area contributed by atoms with Crippen LogP contribution in [0.2, 0.25) is 0 Å². The number of hydrogen-bond acceptors (Lipinski definition) is 5. The fraction of sp³-hybridized carbons (Fsp3) is 0.158. The van der Waals surface area contributed by atoms with Crippen LogP contribution in [0.4, 0.5) is 11.4 Å². The normalized spacial score (nSPS) is 11.1. The first-order valence-corrected chi connectivity index (χ1v) is 8.71. The Morgan fingerprint density at radius 1 is 1.08 bits per heavy atom. The minimum atomic E-state index is -0.452. The summed E-state index contributed by atoms with van der Waals surface area (Å²) in [5.74, 6) is 0.977. The van der Waals surface area contributed by atoms with Gasteiger partial charge >= 0.3 is 0 Å². The molecule has 0 saturated heterocycles. The Hall–Kier alpha value is -2.91. The summed E-state index contributed by atoms with van der Waals surface area (Å²) >= 11 is 1.41. The predicted octanol–water partition coefficient (Wildman–Crippen LogP) is 4.23. The number of amides is 1. The third-order valence-corrected chi connectivity index (χ3v) is 4.12. The van der Waals surface area contributed by atoms with Gasteiger partial charge in [-0.05, 0) is 42.2 Å². The molecule has 2 aromatic carbocycles. The Kier molecular flexibility index (Phi) is 6.93. The smallest absolute Gasteiger partial charge is 0.269 e. The van der Waals surface area contributed by atoms with E-state index < -0.39 is 5.91 Å². The fourth-order valence-corrected chi connectivity index (χ4v) is 2.80.